The van der Waals surface area contributed by atoms with Gasteiger partial charge in [-0.1, -0.05) is 6.92 Å². The van der Waals surface area contributed by atoms with E-state index in [1.54, 1.807) is 13.8 Å². The van der Waals surface area contributed by atoms with Crippen LogP contribution in [0.4, 0.5) is 0 Å². The molecular formula is C18H37NO9. The molecule has 6 N–H and O–H groups in total. The third kappa shape index (κ3) is 14.7. The summed E-state index contributed by atoms with van der Waals surface area (Å²) in [5.41, 5.74) is 4.75. The zero-order valence-corrected chi connectivity index (χ0v) is 17.3. The molecule has 0 bridgehead atoms. The number of nitrogens with two attached hydrogens (primary N) is 1. The molecule has 0 aromatic heterocycles. The van der Waals surface area contributed by atoms with E-state index in [4.69, 9.17) is 30.2 Å². The lowest BCUT2D eigenvalue weighted by molar-refractivity contribution is -0.149. The molecule has 0 rings (SSSR count). The van der Waals surface area contributed by atoms with Crippen LogP contribution in [0.3, 0.4) is 0 Å². The molecule has 10 nitrogen and oxygen atoms in total. The van der Waals surface area contributed by atoms with Crippen molar-refractivity contribution in [1.29, 1.82) is 0 Å². The Balaban J connectivity index is 0. The van der Waals surface area contributed by atoms with Crippen LogP contribution in [-0.2, 0) is 23.8 Å². The summed E-state index contributed by atoms with van der Waals surface area (Å²) in [6.45, 7) is 5.87. The van der Waals surface area contributed by atoms with Gasteiger partial charge in [-0.3, -0.25) is 9.59 Å². The quantitative estimate of drug-likeness (QED) is 0.222. The van der Waals surface area contributed by atoms with Gasteiger partial charge >= 0.3 is 11.9 Å². The van der Waals surface area contributed by atoms with Crippen LogP contribution in [0.5, 0.6) is 0 Å². The van der Waals surface area contributed by atoms with Crippen LogP contribution in [-0.4, -0.2) is 90.8 Å². The summed E-state index contributed by atoms with van der Waals surface area (Å²) in [5.74, 6) is -1.67. The van der Waals surface area contributed by atoms with E-state index < -0.39 is 23.4 Å². The molecule has 0 aliphatic heterocycles. The number of esters is 1. The zero-order chi connectivity index (χ0) is 22.2. The van der Waals surface area contributed by atoms with Crippen molar-refractivity contribution in [2.75, 3.05) is 40.1 Å². The topological polar surface area (TPSA) is 169 Å². The molecule has 0 aromatic rings. The standard InChI is InChI=1S/C17H33NO8.CH4O/c1-12(24-7-6-17(3,10-19)11-20)8-25-13(2)9-26-15(21)5-4-14(18)16(22)23;1-2/h12-14,19-20H,4-11,18H2,1-3H3,(H,22,23);2H,1H3. The SMILES string of the molecule is CC(COC(=O)CCC(N)C(=O)O)OCC(C)OCCC(C)(CO)CO.CO. The summed E-state index contributed by atoms with van der Waals surface area (Å²) in [6, 6.07) is -1.08. The minimum atomic E-state index is -1.15. The highest BCUT2D eigenvalue weighted by Gasteiger charge is 2.22. The Morgan fingerprint density at radius 3 is 2.07 bits per heavy atom. The number of hydrogen-bond acceptors (Lipinski definition) is 9. The molecule has 0 saturated heterocycles. The number of aliphatic carboxylic acids is 1. The highest BCUT2D eigenvalue weighted by atomic mass is 16.6. The average molecular weight is 411 g/mol. The van der Waals surface area contributed by atoms with Gasteiger partial charge in [-0.2, -0.15) is 0 Å². The minimum absolute atomic E-state index is 0.0227. The lowest BCUT2D eigenvalue weighted by Gasteiger charge is -2.25. The van der Waals surface area contributed by atoms with Crippen LogP contribution in [0.25, 0.3) is 0 Å². The molecule has 0 radical (unpaired) electrons. The molecule has 0 saturated carbocycles. The summed E-state index contributed by atoms with van der Waals surface area (Å²) in [6.07, 6.45) is -0.0411. The molecule has 0 aromatic carbocycles. The van der Waals surface area contributed by atoms with E-state index in [0.717, 1.165) is 7.11 Å². The number of rotatable bonds is 15. The van der Waals surface area contributed by atoms with Crippen molar-refractivity contribution < 1.29 is 44.2 Å². The Bertz CT molecular complexity index is 416. The summed E-state index contributed by atoms with van der Waals surface area (Å²) in [4.78, 5) is 22.1. The molecule has 0 heterocycles. The van der Waals surface area contributed by atoms with Gasteiger partial charge in [0.2, 0.25) is 0 Å². The van der Waals surface area contributed by atoms with Crippen molar-refractivity contribution in [1.82, 2.24) is 0 Å². The summed E-state index contributed by atoms with van der Waals surface area (Å²) in [5, 5.41) is 34.1. The van der Waals surface area contributed by atoms with Crippen molar-refractivity contribution in [3.05, 3.63) is 0 Å². The van der Waals surface area contributed by atoms with Gasteiger partial charge in [0.15, 0.2) is 0 Å². The van der Waals surface area contributed by atoms with Gasteiger partial charge in [0.05, 0.1) is 32.0 Å². The van der Waals surface area contributed by atoms with Crippen LogP contribution in [0.2, 0.25) is 0 Å². The molecule has 3 atom stereocenters. The van der Waals surface area contributed by atoms with E-state index in [1.165, 1.54) is 0 Å². The second kappa shape index (κ2) is 16.6. The maximum Gasteiger partial charge on any atom is 0.320 e. The van der Waals surface area contributed by atoms with Crippen LogP contribution < -0.4 is 5.73 Å². The van der Waals surface area contributed by atoms with E-state index in [-0.39, 0.29) is 44.9 Å². The first-order valence-electron chi connectivity index (χ1n) is 9.17. The molecule has 0 amide bonds. The zero-order valence-electron chi connectivity index (χ0n) is 17.3. The molecule has 168 valence electrons. The van der Waals surface area contributed by atoms with Gasteiger partial charge < -0.3 is 40.4 Å². The number of carbonyl (C=O) groups is 2. The number of ether oxygens (including phenoxy) is 3. The Labute approximate surface area is 166 Å². The predicted octanol–water partition coefficient (Wildman–Crippen LogP) is -0.479. The number of aliphatic hydroxyl groups is 3. The Morgan fingerprint density at radius 1 is 1.04 bits per heavy atom. The van der Waals surface area contributed by atoms with Gasteiger partial charge in [0, 0.05) is 25.6 Å². The van der Waals surface area contributed by atoms with Gasteiger partial charge in [-0.15, -0.1) is 0 Å². The number of hydrogen-bond donors (Lipinski definition) is 5. The lowest BCUT2D eigenvalue weighted by Crippen LogP contribution is -2.31. The number of carboxylic acids is 1. The fourth-order valence-electron chi connectivity index (χ4n) is 1.79. The largest absolute Gasteiger partial charge is 0.480 e. The number of aliphatic hydroxyl groups excluding tert-OH is 3. The fourth-order valence-corrected chi connectivity index (χ4v) is 1.79. The Morgan fingerprint density at radius 2 is 1.57 bits per heavy atom. The van der Waals surface area contributed by atoms with Crippen molar-refractivity contribution in [2.24, 2.45) is 11.1 Å². The molecule has 3 unspecified atom stereocenters. The van der Waals surface area contributed by atoms with E-state index in [2.05, 4.69) is 0 Å². The van der Waals surface area contributed by atoms with E-state index in [1.807, 2.05) is 6.92 Å². The van der Waals surface area contributed by atoms with E-state index in [9.17, 15) is 19.8 Å². The number of carboxylic acid groups (broad SMARTS) is 1. The van der Waals surface area contributed by atoms with Gasteiger partial charge in [-0.05, 0) is 26.7 Å². The summed E-state index contributed by atoms with van der Waals surface area (Å²) in [7, 11) is 1.00. The highest BCUT2D eigenvalue weighted by Crippen LogP contribution is 2.19. The van der Waals surface area contributed by atoms with Gasteiger partial charge in [0.1, 0.15) is 12.6 Å². The van der Waals surface area contributed by atoms with Crippen molar-refractivity contribution in [2.45, 2.75) is 58.3 Å². The van der Waals surface area contributed by atoms with Crippen LogP contribution in [0.1, 0.15) is 40.0 Å². The summed E-state index contributed by atoms with van der Waals surface area (Å²) >= 11 is 0. The Kier molecular flexibility index (Phi) is 17.2. The van der Waals surface area contributed by atoms with Crippen molar-refractivity contribution in [3.8, 4) is 0 Å². The molecule has 0 aliphatic rings. The first-order chi connectivity index (χ1) is 13.1. The smallest absolute Gasteiger partial charge is 0.320 e. The minimum Gasteiger partial charge on any atom is -0.480 e. The van der Waals surface area contributed by atoms with Gasteiger partial charge in [-0.25, -0.2) is 0 Å². The normalized spacial score (nSPS) is 14.4. The van der Waals surface area contributed by atoms with Crippen LogP contribution in [0.15, 0.2) is 0 Å². The second-order valence-corrected chi connectivity index (χ2v) is 6.87. The first kappa shape index (κ1) is 28.9. The Hall–Kier alpha value is -1.30. The van der Waals surface area contributed by atoms with Gasteiger partial charge in [0.25, 0.3) is 0 Å². The van der Waals surface area contributed by atoms with Crippen LogP contribution in [0, 0.1) is 5.41 Å². The lowest BCUT2D eigenvalue weighted by atomic mass is 9.89. The third-order valence-corrected chi connectivity index (χ3v) is 3.94. The molecule has 28 heavy (non-hydrogen) atoms. The maximum absolute atomic E-state index is 11.5. The first-order valence-corrected chi connectivity index (χ1v) is 9.17. The monoisotopic (exact) mass is 411 g/mol. The van der Waals surface area contributed by atoms with Crippen molar-refractivity contribution in [3.63, 3.8) is 0 Å². The van der Waals surface area contributed by atoms with E-state index in [0.29, 0.717) is 19.6 Å². The van der Waals surface area contributed by atoms with E-state index >= 15 is 0 Å². The maximum atomic E-state index is 11.5. The second-order valence-electron chi connectivity index (χ2n) is 6.87. The number of carbonyl (C=O) groups excluding carboxylic acids is 1. The highest BCUT2D eigenvalue weighted by molar-refractivity contribution is 5.75. The fraction of sp³-hybridized carbons (Fsp3) is 0.889. The molecule has 0 aliphatic carbocycles. The predicted molar refractivity (Wildman–Crippen MR) is 102 cm³/mol. The molecule has 10 heteroatoms. The van der Waals surface area contributed by atoms with Crippen LogP contribution >= 0.6 is 0 Å². The third-order valence-electron chi connectivity index (χ3n) is 3.94. The molecule has 0 spiro atoms. The molecule has 0 fully saturated rings. The van der Waals surface area contributed by atoms with Crippen molar-refractivity contribution >= 4 is 11.9 Å². The average Bonchev–Trinajstić information content (AvgIpc) is 2.69. The summed E-state index contributed by atoms with van der Waals surface area (Å²) < 4.78 is 16.1. The molecular weight excluding hydrogens is 374 g/mol.